The fourth-order valence-corrected chi connectivity index (χ4v) is 5.83. The van der Waals surface area contributed by atoms with E-state index < -0.39 is 16.0 Å². The highest BCUT2D eigenvalue weighted by Gasteiger charge is 2.31. The highest BCUT2D eigenvalue weighted by atomic mass is 32.2. The second kappa shape index (κ2) is 8.78. The fraction of sp³-hybridized carbons (Fsp3) is 0.474. The molecule has 0 saturated carbocycles. The van der Waals surface area contributed by atoms with Crippen molar-refractivity contribution in [3.05, 3.63) is 39.2 Å². The lowest BCUT2D eigenvalue weighted by Gasteiger charge is -2.27. The second-order valence-corrected chi connectivity index (χ2v) is 10.2. The van der Waals surface area contributed by atoms with Crippen LogP contribution in [0.15, 0.2) is 23.2 Å². The fourth-order valence-electron chi connectivity index (χ4n) is 3.27. The highest BCUT2D eigenvalue weighted by Crippen LogP contribution is 2.31. The first kappa shape index (κ1) is 21.7. The summed E-state index contributed by atoms with van der Waals surface area (Å²) in [6.07, 6.45) is 1.32. The van der Waals surface area contributed by atoms with Crippen LogP contribution < -0.4 is 5.32 Å². The summed E-state index contributed by atoms with van der Waals surface area (Å²) in [4.78, 5) is 18.5. The lowest BCUT2D eigenvalue weighted by Crippen LogP contribution is -2.41. The number of morpholine rings is 1. The third-order valence-electron chi connectivity index (χ3n) is 4.76. The molecule has 1 N–H and O–H groups in total. The number of aromatic nitrogens is 1. The first-order chi connectivity index (χ1) is 13.7. The molecule has 1 fully saturated rings. The lowest BCUT2D eigenvalue weighted by molar-refractivity contribution is 0.0600. The number of rotatable bonds is 6. The molecule has 0 bridgehead atoms. The molecule has 1 unspecified atom stereocenters. The maximum atomic E-state index is 13.3. The largest absolute Gasteiger partial charge is 0.465 e. The maximum Gasteiger partial charge on any atom is 0.339 e. The molecule has 1 saturated heterocycles. The molecule has 3 rings (SSSR count). The van der Waals surface area contributed by atoms with E-state index in [1.807, 2.05) is 20.8 Å². The Kier molecular flexibility index (Phi) is 6.57. The normalized spacial score (nSPS) is 16.4. The number of hydrogen-bond donors (Lipinski definition) is 1. The Balaban J connectivity index is 2.01. The van der Waals surface area contributed by atoms with E-state index in [1.165, 1.54) is 28.6 Å². The molecule has 2 aromatic rings. The van der Waals surface area contributed by atoms with Crippen molar-refractivity contribution in [2.75, 3.05) is 38.7 Å². The van der Waals surface area contributed by atoms with E-state index >= 15 is 0 Å². The number of nitrogens with one attached hydrogen (secondary N) is 1. The van der Waals surface area contributed by atoms with E-state index in [4.69, 9.17) is 9.47 Å². The number of anilines is 1. The van der Waals surface area contributed by atoms with E-state index in [-0.39, 0.29) is 35.4 Å². The summed E-state index contributed by atoms with van der Waals surface area (Å²) >= 11 is 1.69. The number of sulfonamides is 1. The summed E-state index contributed by atoms with van der Waals surface area (Å²) in [6.45, 7) is 7.18. The van der Waals surface area contributed by atoms with Crippen LogP contribution >= 0.6 is 11.3 Å². The van der Waals surface area contributed by atoms with Gasteiger partial charge in [0.1, 0.15) is 10.7 Å². The van der Waals surface area contributed by atoms with Crippen molar-refractivity contribution in [3.63, 3.8) is 0 Å². The number of aryl methyl sites for hydroxylation is 2. The number of nitrogens with zero attached hydrogens (tertiary/aromatic N) is 2. The Hall–Kier alpha value is -2.01. The third-order valence-corrected chi connectivity index (χ3v) is 7.65. The predicted molar refractivity (Wildman–Crippen MR) is 111 cm³/mol. The Morgan fingerprint density at radius 1 is 1.31 bits per heavy atom. The average molecular weight is 440 g/mol. The Labute approximate surface area is 174 Å². The summed E-state index contributed by atoms with van der Waals surface area (Å²) in [6, 6.07) is 3.25. The number of ether oxygens (including phenoxy) is 2. The number of carbonyl (C=O) groups excluding carboxylic acids is 1. The number of carbonyl (C=O) groups is 1. The molecule has 0 aromatic carbocycles. The van der Waals surface area contributed by atoms with E-state index in [9.17, 15) is 13.2 Å². The molecule has 29 heavy (non-hydrogen) atoms. The van der Waals surface area contributed by atoms with Gasteiger partial charge in [0.2, 0.25) is 10.0 Å². The van der Waals surface area contributed by atoms with E-state index in [0.29, 0.717) is 13.2 Å². The van der Waals surface area contributed by atoms with Crippen LogP contribution in [0, 0.1) is 13.8 Å². The van der Waals surface area contributed by atoms with Crippen molar-refractivity contribution in [1.29, 1.82) is 0 Å². The molecule has 0 aliphatic carbocycles. The minimum atomic E-state index is -3.87. The average Bonchev–Trinajstić information content (AvgIpc) is 3.06. The molecule has 10 heteroatoms. The third kappa shape index (κ3) is 4.61. The van der Waals surface area contributed by atoms with Gasteiger partial charge in [0, 0.05) is 29.0 Å². The number of esters is 1. The summed E-state index contributed by atoms with van der Waals surface area (Å²) in [5.74, 6) is -0.431. The Morgan fingerprint density at radius 3 is 2.59 bits per heavy atom. The minimum Gasteiger partial charge on any atom is -0.465 e. The molecule has 0 radical (unpaired) electrons. The van der Waals surface area contributed by atoms with Gasteiger partial charge in [-0.15, -0.1) is 11.3 Å². The number of pyridine rings is 1. The van der Waals surface area contributed by atoms with Gasteiger partial charge in [-0.3, -0.25) is 0 Å². The van der Waals surface area contributed by atoms with Crippen LogP contribution in [0.25, 0.3) is 0 Å². The number of thiophene rings is 1. The van der Waals surface area contributed by atoms with Gasteiger partial charge in [0.05, 0.1) is 31.9 Å². The van der Waals surface area contributed by atoms with Crippen molar-refractivity contribution in [1.82, 2.24) is 9.29 Å². The van der Waals surface area contributed by atoms with Crippen LogP contribution in [-0.2, 0) is 19.5 Å². The van der Waals surface area contributed by atoms with Gasteiger partial charge in [-0.2, -0.15) is 4.31 Å². The summed E-state index contributed by atoms with van der Waals surface area (Å²) in [5, 5.41) is 3.22. The van der Waals surface area contributed by atoms with E-state index in [1.54, 1.807) is 11.3 Å². The highest BCUT2D eigenvalue weighted by molar-refractivity contribution is 7.89. The van der Waals surface area contributed by atoms with Crippen LogP contribution in [0.2, 0.25) is 0 Å². The van der Waals surface area contributed by atoms with Crippen molar-refractivity contribution >= 4 is 33.1 Å². The summed E-state index contributed by atoms with van der Waals surface area (Å²) < 4.78 is 38.0. The molecule has 1 atom stereocenters. The van der Waals surface area contributed by atoms with Gasteiger partial charge in [-0.25, -0.2) is 18.2 Å². The molecule has 1 aliphatic heterocycles. The first-order valence-electron chi connectivity index (χ1n) is 9.23. The number of hydrogen-bond acceptors (Lipinski definition) is 8. The molecule has 0 amide bonds. The van der Waals surface area contributed by atoms with Crippen LogP contribution in [0.1, 0.15) is 38.6 Å². The van der Waals surface area contributed by atoms with Crippen LogP contribution in [0.3, 0.4) is 0 Å². The predicted octanol–water partition coefficient (Wildman–Crippen LogP) is 2.74. The SMILES string of the molecule is COC(=O)c1cnc(NC(C)c2cc(C)sc2C)c(S(=O)(=O)N2CCOCC2)c1. The van der Waals surface area contributed by atoms with Gasteiger partial charge in [0.25, 0.3) is 0 Å². The Bertz CT molecular complexity index is 997. The molecule has 3 heterocycles. The van der Waals surface area contributed by atoms with Crippen LogP contribution in [0.4, 0.5) is 5.82 Å². The van der Waals surface area contributed by atoms with Crippen molar-refractivity contribution in [3.8, 4) is 0 Å². The smallest absolute Gasteiger partial charge is 0.339 e. The molecule has 0 spiro atoms. The van der Waals surface area contributed by atoms with Crippen LogP contribution in [-0.4, -0.2) is 57.1 Å². The molecule has 8 nitrogen and oxygen atoms in total. The quantitative estimate of drug-likeness (QED) is 0.691. The van der Waals surface area contributed by atoms with Gasteiger partial charge >= 0.3 is 5.97 Å². The zero-order chi connectivity index (χ0) is 21.2. The lowest BCUT2D eigenvalue weighted by atomic mass is 10.1. The molecule has 1 aliphatic rings. The van der Waals surface area contributed by atoms with Gasteiger partial charge in [-0.1, -0.05) is 0 Å². The van der Waals surface area contributed by atoms with Gasteiger partial charge in [-0.05, 0) is 38.5 Å². The minimum absolute atomic E-state index is 0.0428. The standard InChI is InChI=1S/C19H25N3O5S2/c1-12-9-16(14(3)28-12)13(2)21-18-17(10-15(11-20-18)19(23)26-4)29(24,25)22-5-7-27-8-6-22/h9-11,13H,5-8H2,1-4H3,(H,20,21). The maximum absolute atomic E-state index is 13.3. The summed E-state index contributed by atoms with van der Waals surface area (Å²) in [7, 11) is -2.62. The van der Waals surface area contributed by atoms with E-state index in [0.717, 1.165) is 10.4 Å². The van der Waals surface area contributed by atoms with Gasteiger partial charge in [0.15, 0.2) is 0 Å². The molecular weight excluding hydrogens is 414 g/mol. The molecule has 2 aromatic heterocycles. The monoisotopic (exact) mass is 439 g/mol. The zero-order valence-corrected chi connectivity index (χ0v) is 18.5. The number of methoxy groups -OCH3 is 1. The zero-order valence-electron chi connectivity index (χ0n) is 16.9. The Morgan fingerprint density at radius 2 is 2.00 bits per heavy atom. The van der Waals surface area contributed by atoms with Crippen molar-refractivity contribution in [2.24, 2.45) is 0 Å². The summed E-state index contributed by atoms with van der Waals surface area (Å²) in [5.41, 5.74) is 1.17. The van der Waals surface area contributed by atoms with Crippen molar-refractivity contribution in [2.45, 2.75) is 31.7 Å². The van der Waals surface area contributed by atoms with Gasteiger partial charge < -0.3 is 14.8 Å². The van der Waals surface area contributed by atoms with E-state index in [2.05, 4.69) is 16.4 Å². The van der Waals surface area contributed by atoms with Crippen molar-refractivity contribution < 1.29 is 22.7 Å². The molecular formula is C19H25N3O5S2. The topological polar surface area (TPSA) is 97.8 Å². The second-order valence-electron chi connectivity index (χ2n) is 6.81. The van der Waals surface area contributed by atoms with Crippen LogP contribution in [0.5, 0.6) is 0 Å². The first-order valence-corrected chi connectivity index (χ1v) is 11.5. The molecule has 158 valence electrons.